The van der Waals surface area contributed by atoms with E-state index in [1.807, 2.05) is 0 Å². The molecule has 2 nitrogen and oxygen atoms in total. The summed E-state index contributed by atoms with van der Waals surface area (Å²) in [7, 11) is 0. The van der Waals surface area contributed by atoms with Crippen LogP contribution in [0.4, 0.5) is 0 Å². The van der Waals surface area contributed by atoms with Gasteiger partial charge in [0.05, 0.1) is 5.92 Å². The van der Waals surface area contributed by atoms with Crippen molar-refractivity contribution in [1.82, 2.24) is 0 Å². The monoisotopic (exact) mass is 164 g/mol. The van der Waals surface area contributed by atoms with Gasteiger partial charge in [0.1, 0.15) is 6.61 Å². The van der Waals surface area contributed by atoms with Gasteiger partial charge in [0.2, 0.25) is 0 Å². The first-order chi connectivity index (χ1) is 5.84. The van der Waals surface area contributed by atoms with Crippen molar-refractivity contribution in [1.29, 1.82) is 0 Å². The number of ether oxygens (including phenoxy) is 1. The Labute approximate surface area is 71.9 Å². The fourth-order valence-corrected chi connectivity index (χ4v) is 1.93. The molecule has 64 valence electrons. The molecule has 2 rings (SSSR count). The Bertz CT molecular complexity index is 242. The number of hydrogen-bond acceptors (Lipinski definition) is 2. The second-order valence-electron chi connectivity index (χ2n) is 3.35. The van der Waals surface area contributed by atoms with E-state index in [1.54, 1.807) is 6.08 Å². The van der Waals surface area contributed by atoms with Crippen molar-refractivity contribution in [2.75, 3.05) is 6.61 Å². The average molecular weight is 164 g/mol. The van der Waals surface area contributed by atoms with E-state index in [-0.39, 0.29) is 11.9 Å². The lowest BCUT2D eigenvalue weighted by Gasteiger charge is -2.00. The Balaban J connectivity index is 1.83. The number of carbonyl (C=O) groups excluding carboxylic acids is 1. The van der Waals surface area contributed by atoms with Crippen LogP contribution in [0.15, 0.2) is 24.8 Å². The highest BCUT2D eigenvalue weighted by Crippen LogP contribution is 2.54. The molecule has 0 spiro atoms. The summed E-state index contributed by atoms with van der Waals surface area (Å²) in [5, 5.41) is 0. The van der Waals surface area contributed by atoms with Gasteiger partial charge in [-0.15, -0.1) is 0 Å². The summed E-state index contributed by atoms with van der Waals surface area (Å²) in [5.41, 5.74) is 0. The molecule has 1 fully saturated rings. The molecule has 0 N–H and O–H groups in total. The second-order valence-corrected chi connectivity index (χ2v) is 3.35. The predicted octanol–water partition coefficient (Wildman–Crippen LogP) is 1.54. The van der Waals surface area contributed by atoms with Crippen molar-refractivity contribution in [2.24, 2.45) is 17.8 Å². The lowest BCUT2D eigenvalue weighted by Crippen LogP contribution is -2.09. The first-order valence-corrected chi connectivity index (χ1v) is 4.29. The van der Waals surface area contributed by atoms with Crippen LogP contribution in [0.5, 0.6) is 0 Å². The van der Waals surface area contributed by atoms with Crippen LogP contribution in [0.25, 0.3) is 0 Å². The molecule has 0 radical (unpaired) electrons. The van der Waals surface area contributed by atoms with Crippen LogP contribution in [0, 0.1) is 17.8 Å². The number of fused-ring (bicyclic) bond motifs is 1. The van der Waals surface area contributed by atoms with Crippen molar-refractivity contribution in [3.05, 3.63) is 24.8 Å². The van der Waals surface area contributed by atoms with Crippen LogP contribution in [0.1, 0.15) is 6.42 Å². The van der Waals surface area contributed by atoms with Crippen molar-refractivity contribution >= 4 is 5.97 Å². The Morgan fingerprint density at radius 3 is 3.17 bits per heavy atom. The van der Waals surface area contributed by atoms with Gasteiger partial charge in [-0.25, -0.2) is 0 Å². The molecule has 0 amide bonds. The molecule has 0 aromatic carbocycles. The van der Waals surface area contributed by atoms with E-state index < -0.39 is 0 Å². The van der Waals surface area contributed by atoms with Crippen molar-refractivity contribution in [3.8, 4) is 0 Å². The summed E-state index contributed by atoms with van der Waals surface area (Å²) in [4.78, 5) is 11.3. The third-order valence-electron chi connectivity index (χ3n) is 2.61. The Kier molecular flexibility index (Phi) is 1.75. The smallest absolute Gasteiger partial charge is 0.310 e. The molecule has 0 aromatic rings. The Morgan fingerprint density at radius 2 is 2.58 bits per heavy atom. The molecule has 2 heteroatoms. The molecule has 2 aliphatic carbocycles. The number of rotatable bonds is 3. The number of carbonyl (C=O) groups is 1. The third-order valence-corrected chi connectivity index (χ3v) is 2.61. The standard InChI is InChI=1S/C10H12O2/c1-2-6-12-10(11)9-7-4-3-5-8(7)9/h2-4,7-9H,1,5-6H2/t7-,8+,9-/m0/s1. The highest BCUT2D eigenvalue weighted by atomic mass is 16.5. The quantitative estimate of drug-likeness (QED) is 0.467. The van der Waals surface area contributed by atoms with Crippen molar-refractivity contribution < 1.29 is 9.53 Å². The van der Waals surface area contributed by atoms with Crippen LogP contribution < -0.4 is 0 Å². The molecular weight excluding hydrogens is 152 g/mol. The van der Waals surface area contributed by atoms with E-state index in [4.69, 9.17) is 4.74 Å². The predicted molar refractivity (Wildman–Crippen MR) is 45.4 cm³/mol. The SMILES string of the molecule is C=CCOC(=O)[C@H]1[C@H]2C=CC[C@H]21. The number of esters is 1. The summed E-state index contributed by atoms with van der Waals surface area (Å²) in [6.45, 7) is 3.84. The van der Waals surface area contributed by atoms with E-state index in [1.165, 1.54) is 0 Å². The fraction of sp³-hybridized carbons (Fsp3) is 0.500. The van der Waals surface area contributed by atoms with Gasteiger partial charge in [-0.2, -0.15) is 0 Å². The zero-order valence-electron chi connectivity index (χ0n) is 6.90. The van der Waals surface area contributed by atoms with Gasteiger partial charge >= 0.3 is 5.97 Å². The van der Waals surface area contributed by atoms with E-state index >= 15 is 0 Å². The molecule has 1 saturated carbocycles. The first-order valence-electron chi connectivity index (χ1n) is 4.29. The summed E-state index contributed by atoms with van der Waals surface area (Å²) >= 11 is 0. The third kappa shape index (κ3) is 1.07. The van der Waals surface area contributed by atoms with Crippen LogP contribution in [0.2, 0.25) is 0 Å². The van der Waals surface area contributed by atoms with Crippen LogP contribution in [-0.2, 0) is 9.53 Å². The lowest BCUT2D eigenvalue weighted by atomic mass is 10.2. The van der Waals surface area contributed by atoms with E-state index in [2.05, 4.69) is 18.7 Å². The molecule has 2 aliphatic rings. The minimum atomic E-state index is -0.0470. The summed E-state index contributed by atoms with van der Waals surface area (Å²) in [6, 6.07) is 0. The maximum Gasteiger partial charge on any atom is 0.310 e. The zero-order chi connectivity index (χ0) is 8.55. The van der Waals surface area contributed by atoms with Gasteiger partial charge in [0.15, 0.2) is 0 Å². The zero-order valence-corrected chi connectivity index (χ0v) is 6.90. The average Bonchev–Trinajstić information content (AvgIpc) is 2.56. The van der Waals surface area contributed by atoms with Gasteiger partial charge in [-0.3, -0.25) is 4.79 Å². The summed E-state index contributed by atoms with van der Waals surface area (Å²) in [5.74, 6) is 1.16. The van der Waals surface area contributed by atoms with Gasteiger partial charge in [0.25, 0.3) is 0 Å². The van der Waals surface area contributed by atoms with E-state index in [0.717, 1.165) is 6.42 Å². The normalized spacial score (nSPS) is 35.8. The van der Waals surface area contributed by atoms with Crippen LogP contribution >= 0.6 is 0 Å². The topological polar surface area (TPSA) is 26.3 Å². The maximum absolute atomic E-state index is 11.3. The largest absolute Gasteiger partial charge is 0.461 e. The molecule has 12 heavy (non-hydrogen) atoms. The lowest BCUT2D eigenvalue weighted by molar-refractivity contribution is -0.144. The van der Waals surface area contributed by atoms with Crippen LogP contribution in [0.3, 0.4) is 0 Å². The number of allylic oxidation sites excluding steroid dienone is 2. The molecular formula is C10H12O2. The minimum absolute atomic E-state index is 0.0470. The maximum atomic E-state index is 11.3. The molecule has 0 saturated heterocycles. The molecule has 0 unspecified atom stereocenters. The van der Waals surface area contributed by atoms with Gasteiger partial charge < -0.3 is 4.74 Å². The van der Waals surface area contributed by atoms with Crippen LogP contribution in [-0.4, -0.2) is 12.6 Å². The minimum Gasteiger partial charge on any atom is -0.461 e. The summed E-state index contributed by atoms with van der Waals surface area (Å²) in [6.07, 6.45) is 6.93. The molecule has 3 atom stereocenters. The Hall–Kier alpha value is -1.05. The van der Waals surface area contributed by atoms with E-state index in [9.17, 15) is 4.79 Å². The highest BCUT2D eigenvalue weighted by molar-refractivity contribution is 5.77. The van der Waals surface area contributed by atoms with Gasteiger partial charge in [0, 0.05) is 0 Å². The van der Waals surface area contributed by atoms with Crippen molar-refractivity contribution in [3.63, 3.8) is 0 Å². The highest BCUT2D eigenvalue weighted by Gasteiger charge is 2.55. The Morgan fingerprint density at radius 1 is 1.75 bits per heavy atom. The van der Waals surface area contributed by atoms with Gasteiger partial charge in [-0.05, 0) is 18.3 Å². The first kappa shape index (κ1) is 7.59. The molecule has 0 aliphatic heterocycles. The molecule has 0 aromatic heterocycles. The number of hydrogen-bond donors (Lipinski definition) is 0. The van der Waals surface area contributed by atoms with Gasteiger partial charge in [-0.1, -0.05) is 24.8 Å². The second kappa shape index (κ2) is 2.77. The fourth-order valence-electron chi connectivity index (χ4n) is 1.93. The molecule has 0 bridgehead atoms. The molecule has 0 heterocycles. The summed E-state index contributed by atoms with van der Waals surface area (Å²) < 4.78 is 4.96. The van der Waals surface area contributed by atoms with E-state index in [0.29, 0.717) is 18.4 Å². The van der Waals surface area contributed by atoms with Crippen molar-refractivity contribution in [2.45, 2.75) is 6.42 Å².